The van der Waals surface area contributed by atoms with Crippen molar-refractivity contribution in [1.29, 1.82) is 0 Å². The predicted molar refractivity (Wildman–Crippen MR) is 127 cm³/mol. The van der Waals surface area contributed by atoms with Crippen LogP contribution in [0, 0.1) is 6.92 Å². The van der Waals surface area contributed by atoms with Gasteiger partial charge in [-0.2, -0.15) is 0 Å². The van der Waals surface area contributed by atoms with Crippen LogP contribution in [-0.4, -0.2) is 32.6 Å². The first-order chi connectivity index (χ1) is 14.1. The van der Waals surface area contributed by atoms with Gasteiger partial charge in [0.1, 0.15) is 10.1 Å². The van der Waals surface area contributed by atoms with Gasteiger partial charge in [0.15, 0.2) is 0 Å². The molecule has 0 radical (unpaired) electrons. The van der Waals surface area contributed by atoms with Crippen molar-refractivity contribution >= 4 is 52.0 Å². The molecule has 1 aliphatic rings. The van der Waals surface area contributed by atoms with E-state index in [0.29, 0.717) is 15.0 Å². The molecule has 1 aliphatic heterocycles. The summed E-state index contributed by atoms with van der Waals surface area (Å²) in [6.45, 7) is 8.66. The Morgan fingerprint density at radius 2 is 1.93 bits per heavy atom. The molecule has 0 saturated carbocycles. The predicted octanol–water partition coefficient (Wildman–Crippen LogP) is 4.92. The molecule has 1 aromatic carbocycles. The first kappa shape index (κ1) is 22.2. The molecule has 2 aromatic rings. The zero-order chi connectivity index (χ0) is 21.9. The molecule has 1 N–H and O–H groups in total. The smallest absolute Gasteiger partial charge is 0.266 e. The number of carbonyl (C=O) groups is 2. The highest BCUT2D eigenvalue weighted by atomic mass is 32.2. The number of thiocarbonyl (C=S) groups is 1. The monoisotopic (exact) mass is 439 g/mol. The number of aryl methyl sites for hydroxylation is 1. The molecule has 0 atom stereocenters. The van der Waals surface area contributed by atoms with Crippen molar-refractivity contribution in [1.82, 2.24) is 9.88 Å². The van der Waals surface area contributed by atoms with Crippen molar-refractivity contribution in [2.75, 3.05) is 11.9 Å². The van der Waals surface area contributed by atoms with Crippen LogP contribution in [0.1, 0.15) is 43.9 Å². The first-order valence-electron chi connectivity index (χ1n) is 9.72. The Bertz CT molecular complexity index is 1010. The topological polar surface area (TPSA) is 62.3 Å². The Hall–Kier alpha value is -2.51. The summed E-state index contributed by atoms with van der Waals surface area (Å²) in [7, 11) is 0. The Labute approximate surface area is 187 Å². The number of anilines is 1. The van der Waals surface area contributed by atoms with Gasteiger partial charge in [-0.1, -0.05) is 69.0 Å². The summed E-state index contributed by atoms with van der Waals surface area (Å²) < 4.78 is 0.471. The highest BCUT2D eigenvalue weighted by Crippen LogP contribution is 2.33. The quantitative estimate of drug-likeness (QED) is 0.529. The van der Waals surface area contributed by atoms with Crippen LogP contribution in [0.2, 0.25) is 0 Å². The number of hydrogen-bond donors (Lipinski definition) is 1. The van der Waals surface area contributed by atoms with E-state index >= 15 is 0 Å². The summed E-state index contributed by atoms with van der Waals surface area (Å²) in [5.74, 6) is 0.138. The molecule has 0 aliphatic carbocycles. The van der Waals surface area contributed by atoms with Crippen LogP contribution in [-0.2, 0) is 15.0 Å². The highest BCUT2D eigenvalue weighted by Gasteiger charge is 2.32. The largest absolute Gasteiger partial charge is 0.311 e. The molecule has 1 aromatic heterocycles. The number of benzene rings is 1. The lowest BCUT2D eigenvalue weighted by molar-refractivity contribution is -0.122. The third-order valence-electron chi connectivity index (χ3n) is 4.69. The summed E-state index contributed by atoms with van der Waals surface area (Å²) in [6.07, 6.45) is 3.64. The lowest BCUT2D eigenvalue weighted by Gasteiger charge is -2.18. The second kappa shape index (κ2) is 9.10. The standard InChI is InChI=1S/C23H25N3O2S2/c1-15-9-11-24-19(13-15)25-20(27)10-12-26-21(28)18(30-22(26)29)14-16-5-7-17(8-6-16)23(2,3)4/h5-9,11,13-14H,10,12H2,1-4H3,(H,24,25,27)/b18-14-. The molecule has 1 fully saturated rings. The van der Waals surface area contributed by atoms with E-state index in [4.69, 9.17) is 12.2 Å². The molecule has 0 spiro atoms. The number of nitrogens with zero attached hydrogens (tertiary/aromatic N) is 2. The van der Waals surface area contributed by atoms with Gasteiger partial charge >= 0.3 is 0 Å². The van der Waals surface area contributed by atoms with Crippen LogP contribution in [0.25, 0.3) is 6.08 Å². The van der Waals surface area contributed by atoms with E-state index in [1.54, 1.807) is 12.3 Å². The van der Waals surface area contributed by atoms with Gasteiger partial charge in [-0.3, -0.25) is 14.5 Å². The molecule has 2 heterocycles. The number of nitrogens with one attached hydrogen (secondary N) is 1. The minimum Gasteiger partial charge on any atom is -0.311 e. The molecule has 0 bridgehead atoms. The van der Waals surface area contributed by atoms with E-state index in [2.05, 4.69) is 43.2 Å². The number of hydrogen-bond acceptors (Lipinski definition) is 5. The molecular formula is C23H25N3O2S2. The van der Waals surface area contributed by atoms with Gasteiger partial charge in [0.25, 0.3) is 5.91 Å². The average molecular weight is 440 g/mol. The summed E-state index contributed by atoms with van der Waals surface area (Å²) in [5, 5.41) is 2.75. The fourth-order valence-electron chi connectivity index (χ4n) is 2.95. The molecule has 7 heteroatoms. The van der Waals surface area contributed by atoms with Crippen LogP contribution in [0.5, 0.6) is 0 Å². The van der Waals surface area contributed by atoms with Gasteiger partial charge in [0.2, 0.25) is 5.91 Å². The third kappa shape index (κ3) is 5.55. The SMILES string of the molecule is Cc1ccnc(NC(=O)CCN2C(=O)/C(=C/c3ccc(C(C)(C)C)cc3)SC2=S)c1. The maximum Gasteiger partial charge on any atom is 0.266 e. The van der Waals surface area contributed by atoms with Crippen molar-refractivity contribution in [3.8, 4) is 0 Å². The van der Waals surface area contributed by atoms with E-state index in [9.17, 15) is 9.59 Å². The summed E-state index contributed by atoms with van der Waals surface area (Å²) in [6, 6.07) is 11.8. The van der Waals surface area contributed by atoms with E-state index in [0.717, 1.165) is 11.1 Å². The summed E-state index contributed by atoms with van der Waals surface area (Å²) >= 11 is 6.63. The van der Waals surface area contributed by atoms with Crippen molar-refractivity contribution in [3.63, 3.8) is 0 Å². The normalized spacial score (nSPS) is 15.7. The Kier molecular flexibility index (Phi) is 6.73. The summed E-state index contributed by atoms with van der Waals surface area (Å²) in [5.41, 5.74) is 3.28. The van der Waals surface area contributed by atoms with E-state index < -0.39 is 0 Å². The molecule has 3 rings (SSSR count). The average Bonchev–Trinajstić information content (AvgIpc) is 2.93. The lowest BCUT2D eigenvalue weighted by Crippen LogP contribution is -2.31. The number of thioether (sulfide) groups is 1. The maximum atomic E-state index is 12.8. The fourth-order valence-corrected chi connectivity index (χ4v) is 4.26. The van der Waals surface area contributed by atoms with Gasteiger partial charge in [-0.25, -0.2) is 4.98 Å². The number of pyridine rings is 1. The Morgan fingerprint density at radius 3 is 2.57 bits per heavy atom. The molecule has 1 saturated heterocycles. The van der Waals surface area contributed by atoms with Gasteiger partial charge in [0.05, 0.1) is 4.91 Å². The molecule has 30 heavy (non-hydrogen) atoms. The third-order valence-corrected chi connectivity index (χ3v) is 6.07. The van der Waals surface area contributed by atoms with Gasteiger partial charge in [-0.15, -0.1) is 0 Å². The van der Waals surface area contributed by atoms with Crippen molar-refractivity contribution in [3.05, 3.63) is 64.2 Å². The van der Waals surface area contributed by atoms with Crippen LogP contribution in [0.4, 0.5) is 5.82 Å². The van der Waals surface area contributed by atoms with Gasteiger partial charge < -0.3 is 5.32 Å². The molecule has 5 nitrogen and oxygen atoms in total. The van der Waals surface area contributed by atoms with Crippen LogP contribution in [0.15, 0.2) is 47.5 Å². The second-order valence-corrected chi connectivity index (χ2v) is 9.90. The minimum atomic E-state index is -0.205. The highest BCUT2D eigenvalue weighted by molar-refractivity contribution is 8.26. The van der Waals surface area contributed by atoms with E-state index in [1.165, 1.54) is 22.2 Å². The van der Waals surface area contributed by atoms with Gasteiger partial charge in [0, 0.05) is 19.2 Å². The van der Waals surface area contributed by atoms with E-state index in [-0.39, 0.29) is 30.2 Å². The molecular weight excluding hydrogens is 414 g/mol. The number of carbonyl (C=O) groups excluding carboxylic acids is 2. The van der Waals surface area contributed by atoms with Crippen molar-refractivity contribution < 1.29 is 9.59 Å². The fraction of sp³-hybridized carbons (Fsp3) is 0.304. The van der Waals surface area contributed by atoms with Crippen molar-refractivity contribution in [2.45, 2.75) is 39.5 Å². The van der Waals surface area contributed by atoms with Gasteiger partial charge in [-0.05, 0) is 47.2 Å². The minimum absolute atomic E-state index is 0.0799. The first-order valence-corrected chi connectivity index (χ1v) is 10.9. The van der Waals surface area contributed by atoms with E-state index in [1.807, 2.05) is 31.2 Å². The Balaban J connectivity index is 1.61. The summed E-state index contributed by atoms with van der Waals surface area (Å²) in [4.78, 5) is 31.2. The molecule has 156 valence electrons. The molecule has 0 unspecified atom stereocenters. The zero-order valence-electron chi connectivity index (χ0n) is 17.6. The zero-order valence-corrected chi connectivity index (χ0v) is 19.2. The number of rotatable bonds is 5. The van der Waals surface area contributed by atoms with Crippen LogP contribution in [0.3, 0.4) is 0 Å². The second-order valence-electron chi connectivity index (χ2n) is 8.22. The number of aromatic nitrogens is 1. The van der Waals surface area contributed by atoms with Crippen molar-refractivity contribution in [2.24, 2.45) is 0 Å². The molecule has 2 amide bonds. The lowest BCUT2D eigenvalue weighted by atomic mass is 9.87. The number of amides is 2. The van der Waals surface area contributed by atoms with Crippen LogP contribution < -0.4 is 5.32 Å². The maximum absolute atomic E-state index is 12.8. The Morgan fingerprint density at radius 1 is 1.23 bits per heavy atom. The van der Waals surface area contributed by atoms with Crippen LogP contribution >= 0.6 is 24.0 Å².